The van der Waals surface area contributed by atoms with Crippen LogP contribution in [0, 0.1) is 0 Å². The van der Waals surface area contributed by atoms with E-state index in [-0.39, 0.29) is 0 Å². The van der Waals surface area contributed by atoms with Gasteiger partial charge in [-0.25, -0.2) is 0 Å². The van der Waals surface area contributed by atoms with Gasteiger partial charge < -0.3 is 10.6 Å². The molecular weight excluding hydrogens is 292 g/mol. The van der Waals surface area contributed by atoms with Gasteiger partial charge in [0.05, 0.1) is 0 Å². The topological polar surface area (TPSA) is 24.1 Å². The molecule has 0 aliphatic carbocycles. The summed E-state index contributed by atoms with van der Waals surface area (Å²) in [6.07, 6.45) is 4.71. The van der Waals surface area contributed by atoms with Crippen LogP contribution in [0.5, 0.6) is 0 Å². The fourth-order valence-electron chi connectivity index (χ4n) is 2.36. The Morgan fingerprint density at radius 3 is 1.25 bits per heavy atom. The lowest BCUT2D eigenvalue weighted by Gasteiger charge is -2.02. The van der Waals surface area contributed by atoms with E-state index >= 15 is 0 Å². The first-order valence-corrected chi connectivity index (χ1v) is 9.36. The largest absolute Gasteiger partial charge is 0.316 e. The van der Waals surface area contributed by atoms with Crippen LogP contribution in [0.2, 0.25) is 0 Å². The molecule has 0 saturated heterocycles. The smallest absolute Gasteiger partial charge is 0.000835 e. The fourth-order valence-corrected chi connectivity index (χ4v) is 2.36. The van der Waals surface area contributed by atoms with Gasteiger partial charge >= 0.3 is 0 Å². The van der Waals surface area contributed by atoms with Crippen LogP contribution < -0.4 is 10.6 Å². The van der Waals surface area contributed by atoms with Crippen molar-refractivity contribution < 1.29 is 0 Å². The molecule has 132 valence electrons. The van der Waals surface area contributed by atoms with Gasteiger partial charge in [-0.2, -0.15) is 0 Å². The molecule has 24 heavy (non-hydrogen) atoms. The molecule has 2 aromatic rings. The second-order valence-corrected chi connectivity index (χ2v) is 5.97. The first-order chi connectivity index (χ1) is 11.9. The lowest BCUT2D eigenvalue weighted by molar-refractivity contribution is 0.671. The summed E-state index contributed by atoms with van der Waals surface area (Å²) in [4.78, 5) is 0. The van der Waals surface area contributed by atoms with Crippen LogP contribution in [-0.4, -0.2) is 26.2 Å². The number of hydrogen-bond donors (Lipinski definition) is 2. The standard InChI is InChI=1S/2C11H17N/c2*1-2-9-12-10-8-11-6-4-3-5-7-11/h2*3-7,12H,2,8-10H2,1H3. The Balaban J connectivity index is 0.000000240. The molecule has 0 saturated carbocycles. The molecule has 0 bridgehead atoms. The number of nitrogens with one attached hydrogen (secondary N) is 2. The van der Waals surface area contributed by atoms with E-state index in [9.17, 15) is 0 Å². The molecule has 0 aromatic heterocycles. The van der Waals surface area contributed by atoms with E-state index in [0.717, 1.165) is 39.0 Å². The second-order valence-electron chi connectivity index (χ2n) is 5.97. The minimum atomic E-state index is 1.10. The average molecular weight is 327 g/mol. The Hall–Kier alpha value is -1.64. The maximum absolute atomic E-state index is 3.38. The predicted octanol–water partition coefficient (Wildman–Crippen LogP) is 4.46. The average Bonchev–Trinajstić information content (AvgIpc) is 2.65. The highest BCUT2D eigenvalue weighted by atomic mass is 14.8. The van der Waals surface area contributed by atoms with Crippen molar-refractivity contribution in [2.45, 2.75) is 39.5 Å². The zero-order chi connectivity index (χ0) is 17.3. The molecule has 0 radical (unpaired) electrons. The third-order valence-corrected chi connectivity index (χ3v) is 3.72. The highest BCUT2D eigenvalue weighted by molar-refractivity contribution is 5.15. The molecule has 0 unspecified atom stereocenters. The fraction of sp³-hybridized carbons (Fsp3) is 0.455. The summed E-state index contributed by atoms with van der Waals surface area (Å²) in [7, 11) is 0. The number of rotatable bonds is 10. The molecule has 0 fully saturated rings. The van der Waals surface area contributed by atoms with Gasteiger partial charge in [-0.1, -0.05) is 74.5 Å². The third kappa shape index (κ3) is 11.0. The van der Waals surface area contributed by atoms with Gasteiger partial charge in [0, 0.05) is 0 Å². The molecule has 0 amide bonds. The Morgan fingerprint density at radius 1 is 0.542 bits per heavy atom. The summed E-state index contributed by atoms with van der Waals surface area (Å²) >= 11 is 0. The molecule has 2 aromatic carbocycles. The van der Waals surface area contributed by atoms with Gasteiger partial charge in [-0.15, -0.1) is 0 Å². The molecule has 0 spiro atoms. The zero-order valence-electron chi connectivity index (χ0n) is 15.4. The van der Waals surface area contributed by atoms with Crippen LogP contribution in [0.3, 0.4) is 0 Å². The summed E-state index contributed by atoms with van der Waals surface area (Å²) < 4.78 is 0. The van der Waals surface area contributed by atoms with E-state index in [0.29, 0.717) is 0 Å². The van der Waals surface area contributed by atoms with Crippen molar-refractivity contribution >= 4 is 0 Å². The molecule has 0 aliphatic rings. The first-order valence-electron chi connectivity index (χ1n) is 9.36. The van der Waals surface area contributed by atoms with Crippen LogP contribution in [0.15, 0.2) is 60.7 Å². The Morgan fingerprint density at radius 2 is 0.917 bits per heavy atom. The van der Waals surface area contributed by atoms with Gasteiger partial charge in [0.15, 0.2) is 0 Å². The molecule has 2 rings (SSSR count). The number of hydrogen-bond acceptors (Lipinski definition) is 2. The molecule has 2 nitrogen and oxygen atoms in total. The van der Waals surface area contributed by atoms with Gasteiger partial charge in [0.2, 0.25) is 0 Å². The van der Waals surface area contributed by atoms with Crippen molar-refractivity contribution in [1.29, 1.82) is 0 Å². The molecule has 0 atom stereocenters. The Bertz CT molecular complexity index is 434. The van der Waals surface area contributed by atoms with Crippen LogP contribution in [0.25, 0.3) is 0 Å². The second kappa shape index (κ2) is 14.9. The maximum atomic E-state index is 3.38. The monoisotopic (exact) mass is 326 g/mol. The van der Waals surface area contributed by atoms with Crippen LogP contribution >= 0.6 is 0 Å². The summed E-state index contributed by atoms with van der Waals surface area (Å²) in [5.41, 5.74) is 2.84. The molecule has 2 N–H and O–H groups in total. The highest BCUT2D eigenvalue weighted by Gasteiger charge is 1.90. The van der Waals surface area contributed by atoms with Crippen molar-refractivity contribution in [1.82, 2.24) is 10.6 Å². The van der Waals surface area contributed by atoms with E-state index < -0.39 is 0 Å². The van der Waals surface area contributed by atoms with Gasteiger partial charge in [0.1, 0.15) is 0 Å². The van der Waals surface area contributed by atoms with Gasteiger partial charge in [0.25, 0.3) is 0 Å². The lowest BCUT2D eigenvalue weighted by atomic mass is 10.1. The minimum Gasteiger partial charge on any atom is -0.316 e. The van der Waals surface area contributed by atoms with Crippen molar-refractivity contribution in [3.05, 3.63) is 71.8 Å². The Labute approximate surface area is 148 Å². The van der Waals surface area contributed by atoms with Crippen LogP contribution in [-0.2, 0) is 12.8 Å². The van der Waals surface area contributed by atoms with Crippen molar-refractivity contribution in [2.75, 3.05) is 26.2 Å². The van der Waals surface area contributed by atoms with Gasteiger partial charge in [-0.05, 0) is 63.0 Å². The van der Waals surface area contributed by atoms with E-state index in [4.69, 9.17) is 0 Å². The van der Waals surface area contributed by atoms with Gasteiger partial charge in [-0.3, -0.25) is 0 Å². The van der Waals surface area contributed by atoms with E-state index in [2.05, 4.69) is 85.1 Å². The van der Waals surface area contributed by atoms with Crippen LogP contribution in [0.4, 0.5) is 0 Å². The van der Waals surface area contributed by atoms with E-state index in [1.807, 2.05) is 0 Å². The van der Waals surface area contributed by atoms with Crippen molar-refractivity contribution in [3.8, 4) is 0 Å². The summed E-state index contributed by atoms with van der Waals surface area (Å²) in [6.45, 7) is 8.83. The van der Waals surface area contributed by atoms with E-state index in [1.54, 1.807) is 0 Å². The highest BCUT2D eigenvalue weighted by Crippen LogP contribution is 1.98. The normalized spacial score (nSPS) is 10.1. The molecular formula is C22H34N2. The summed E-state index contributed by atoms with van der Waals surface area (Å²) in [5.74, 6) is 0. The zero-order valence-corrected chi connectivity index (χ0v) is 15.4. The van der Waals surface area contributed by atoms with E-state index in [1.165, 1.54) is 24.0 Å². The number of benzene rings is 2. The van der Waals surface area contributed by atoms with Crippen LogP contribution in [0.1, 0.15) is 37.8 Å². The Kier molecular flexibility index (Phi) is 12.7. The predicted molar refractivity (Wildman–Crippen MR) is 107 cm³/mol. The minimum absolute atomic E-state index is 1.10. The summed E-state index contributed by atoms with van der Waals surface area (Å²) in [5, 5.41) is 6.77. The molecule has 0 aliphatic heterocycles. The quantitative estimate of drug-likeness (QED) is 0.630. The third-order valence-electron chi connectivity index (χ3n) is 3.72. The molecule has 0 heterocycles. The van der Waals surface area contributed by atoms with Crippen molar-refractivity contribution in [3.63, 3.8) is 0 Å². The molecule has 2 heteroatoms. The SMILES string of the molecule is CCCNCCc1ccccc1.CCCNCCc1ccccc1. The lowest BCUT2D eigenvalue weighted by Crippen LogP contribution is -2.17. The maximum Gasteiger partial charge on any atom is -0.000835 e. The summed E-state index contributed by atoms with van der Waals surface area (Å²) in [6, 6.07) is 21.2. The first kappa shape index (κ1) is 20.4. The van der Waals surface area contributed by atoms with Crippen molar-refractivity contribution in [2.24, 2.45) is 0 Å².